The zero-order chi connectivity index (χ0) is 12.3. The lowest BCUT2D eigenvalue weighted by Crippen LogP contribution is -2.43. The second-order valence-electron chi connectivity index (χ2n) is 4.27. The fourth-order valence-electron chi connectivity index (χ4n) is 2.00. The van der Waals surface area contributed by atoms with Crippen LogP contribution in [-0.4, -0.2) is 40.7 Å². The van der Waals surface area contributed by atoms with Crippen molar-refractivity contribution in [3.8, 4) is 0 Å². The lowest BCUT2D eigenvalue weighted by Gasteiger charge is -2.33. The Bertz CT molecular complexity index is 410. The molecule has 0 spiro atoms. The predicted octanol–water partition coefficient (Wildman–Crippen LogP) is 0.936. The zero-order valence-corrected chi connectivity index (χ0v) is 10.7. The maximum absolute atomic E-state index is 5.68. The molecule has 0 bridgehead atoms. The average molecular weight is 251 g/mol. The van der Waals surface area contributed by atoms with Crippen LogP contribution in [0.1, 0.15) is 18.2 Å². The van der Waals surface area contributed by atoms with Gasteiger partial charge >= 0.3 is 0 Å². The molecular weight excluding hydrogens is 234 g/mol. The third kappa shape index (κ3) is 3.00. The van der Waals surface area contributed by atoms with Crippen molar-refractivity contribution in [1.29, 1.82) is 0 Å². The highest BCUT2D eigenvalue weighted by Crippen LogP contribution is 2.14. The van der Waals surface area contributed by atoms with E-state index >= 15 is 0 Å². The number of aromatic nitrogens is 1. The summed E-state index contributed by atoms with van der Waals surface area (Å²) >= 11 is 5.02. The molecule has 1 saturated heterocycles. The van der Waals surface area contributed by atoms with E-state index in [2.05, 4.69) is 16.8 Å². The molecule has 1 aliphatic rings. The molecule has 1 fully saturated rings. The minimum atomic E-state index is 0.363. The van der Waals surface area contributed by atoms with Crippen LogP contribution in [0, 0.1) is 0 Å². The molecule has 0 aromatic carbocycles. The second-order valence-corrected chi connectivity index (χ2v) is 4.71. The maximum Gasteiger partial charge on any atom is 0.123 e. The molecule has 17 heavy (non-hydrogen) atoms. The lowest BCUT2D eigenvalue weighted by molar-refractivity contribution is -0.00443. The van der Waals surface area contributed by atoms with E-state index in [0.29, 0.717) is 11.0 Å². The fraction of sp³-hybridized carbons (Fsp3) is 0.500. The molecule has 0 saturated carbocycles. The third-order valence-electron chi connectivity index (χ3n) is 3.00. The molecule has 0 aliphatic carbocycles. The Morgan fingerprint density at radius 1 is 1.71 bits per heavy atom. The summed E-state index contributed by atoms with van der Waals surface area (Å²) in [5.41, 5.74) is 7.51. The van der Waals surface area contributed by atoms with Crippen molar-refractivity contribution in [3.05, 3.63) is 29.6 Å². The number of morpholine rings is 1. The molecule has 92 valence electrons. The van der Waals surface area contributed by atoms with E-state index in [1.165, 1.54) is 0 Å². The van der Waals surface area contributed by atoms with Crippen LogP contribution >= 0.6 is 12.2 Å². The van der Waals surface area contributed by atoms with Gasteiger partial charge in [0.25, 0.3) is 0 Å². The van der Waals surface area contributed by atoms with Crippen molar-refractivity contribution in [3.63, 3.8) is 0 Å². The molecule has 1 aromatic rings. The molecule has 1 aromatic heterocycles. The van der Waals surface area contributed by atoms with E-state index in [1.807, 2.05) is 12.1 Å². The molecule has 1 unspecified atom stereocenters. The van der Waals surface area contributed by atoms with Crippen LogP contribution in [0.2, 0.25) is 0 Å². The zero-order valence-electron chi connectivity index (χ0n) is 9.93. The highest BCUT2D eigenvalue weighted by molar-refractivity contribution is 7.80. The van der Waals surface area contributed by atoms with Crippen molar-refractivity contribution in [2.24, 2.45) is 5.73 Å². The van der Waals surface area contributed by atoms with Crippen LogP contribution in [-0.2, 0) is 11.3 Å². The number of pyridine rings is 1. The van der Waals surface area contributed by atoms with Gasteiger partial charge in [-0.3, -0.25) is 9.88 Å². The van der Waals surface area contributed by atoms with Crippen LogP contribution in [0.5, 0.6) is 0 Å². The van der Waals surface area contributed by atoms with Crippen LogP contribution in [0.4, 0.5) is 0 Å². The number of nitrogens with zero attached hydrogens (tertiary/aromatic N) is 2. The molecule has 2 rings (SSSR count). The van der Waals surface area contributed by atoms with Gasteiger partial charge in [-0.1, -0.05) is 18.3 Å². The van der Waals surface area contributed by atoms with Crippen molar-refractivity contribution < 1.29 is 4.74 Å². The molecule has 4 nitrogen and oxygen atoms in total. The maximum atomic E-state index is 5.68. The molecule has 2 heterocycles. The highest BCUT2D eigenvalue weighted by Gasteiger charge is 2.20. The molecule has 1 atom stereocenters. The van der Waals surface area contributed by atoms with E-state index in [4.69, 9.17) is 22.7 Å². The van der Waals surface area contributed by atoms with Crippen molar-refractivity contribution >= 4 is 17.2 Å². The number of nitrogens with two attached hydrogens (primary N) is 1. The van der Waals surface area contributed by atoms with E-state index in [-0.39, 0.29) is 0 Å². The number of ether oxygens (including phenoxy) is 1. The largest absolute Gasteiger partial charge is 0.388 e. The Morgan fingerprint density at radius 2 is 2.53 bits per heavy atom. The molecule has 1 aliphatic heterocycles. The molecule has 2 N–H and O–H groups in total. The monoisotopic (exact) mass is 251 g/mol. The first kappa shape index (κ1) is 12.4. The van der Waals surface area contributed by atoms with Gasteiger partial charge in [0.15, 0.2) is 0 Å². The summed E-state index contributed by atoms with van der Waals surface area (Å²) < 4.78 is 5.42. The Hall–Kier alpha value is -1.04. The first-order chi connectivity index (χ1) is 8.18. The quantitative estimate of drug-likeness (QED) is 0.810. The summed E-state index contributed by atoms with van der Waals surface area (Å²) in [6.07, 6.45) is 1.72. The Labute approximate surface area is 107 Å². The Balaban J connectivity index is 2.14. The normalized spacial score (nSPS) is 21.4. The minimum Gasteiger partial charge on any atom is -0.388 e. The third-order valence-corrected chi connectivity index (χ3v) is 3.20. The number of thiocarbonyl (C=S) groups is 1. The number of rotatable bonds is 3. The highest BCUT2D eigenvalue weighted by atomic mass is 32.1. The summed E-state index contributed by atoms with van der Waals surface area (Å²) in [6.45, 7) is 5.49. The van der Waals surface area contributed by atoms with E-state index < -0.39 is 0 Å². The summed E-state index contributed by atoms with van der Waals surface area (Å²) in [5.74, 6) is 0. The van der Waals surface area contributed by atoms with Gasteiger partial charge in [0.05, 0.1) is 13.2 Å². The molecular formula is C12H17N3OS. The molecule has 0 amide bonds. The van der Waals surface area contributed by atoms with Gasteiger partial charge in [0.2, 0.25) is 0 Å². The van der Waals surface area contributed by atoms with E-state index in [1.54, 1.807) is 6.20 Å². The van der Waals surface area contributed by atoms with Gasteiger partial charge in [-0.2, -0.15) is 0 Å². The lowest BCUT2D eigenvalue weighted by atomic mass is 10.1. The van der Waals surface area contributed by atoms with Gasteiger partial charge in [-0.15, -0.1) is 0 Å². The Morgan fingerprint density at radius 3 is 3.24 bits per heavy atom. The average Bonchev–Trinajstić information content (AvgIpc) is 2.32. The topological polar surface area (TPSA) is 51.4 Å². The van der Waals surface area contributed by atoms with Crippen LogP contribution < -0.4 is 5.73 Å². The predicted molar refractivity (Wildman–Crippen MR) is 70.8 cm³/mol. The summed E-state index contributed by atoms with van der Waals surface area (Å²) in [4.78, 5) is 6.97. The molecule has 5 heteroatoms. The van der Waals surface area contributed by atoms with Gasteiger partial charge in [-0.25, -0.2) is 0 Å². The van der Waals surface area contributed by atoms with E-state index in [9.17, 15) is 0 Å². The van der Waals surface area contributed by atoms with Crippen LogP contribution in [0.25, 0.3) is 0 Å². The van der Waals surface area contributed by atoms with Crippen LogP contribution in [0.15, 0.2) is 18.3 Å². The smallest absolute Gasteiger partial charge is 0.123 e. The van der Waals surface area contributed by atoms with Gasteiger partial charge in [0.1, 0.15) is 10.7 Å². The summed E-state index contributed by atoms with van der Waals surface area (Å²) in [5, 5.41) is 0. The van der Waals surface area contributed by atoms with Crippen molar-refractivity contribution in [2.45, 2.75) is 19.5 Å². The van der Waals surface area contributed by atoms with Crippen molar-refractivity contribution in [2.75, 3.05) is 19.8 Å². The number of hydrogen-bond donors (Lipinski definition) is 1. The standard InChI is InChI=1S/C12H17N3OS/c1-9-8-16-6-5-15(9)7-10-3-2-4-14-11(10)12(13)17/h2-4,9H,5-8H2,1H3,(H2,13,17). The van der Waals surface area contributed by atoms with Gasteiger partial charge < -0.3 is 10.5 Å². The van der Waals surface area contributed by atoms with Crippen molar-refractivity contribution in [1.82, 2.24) is 9.88 Å². The second kappa shape index (κ2) is 5.53. The van der Waals surface area contributed by atoms with E-state index in [0.717, 1.165) is 37.6 Å². The van der Waals surface area contributed by atoms with Crippen LogP contribution in [0.3, 0.4) is 0 Å². The number of hydrogen-bond acceptors (Lipinski definition) is 4. The SMILES string of the molecule is CC1COCCN1Cc1cccnc1C(N)=S. The molecule has 0 radical (unpaired) electrons. The first-order valence-corrected chi connectivity index (χ1v) is 6.15. The fourth-order valence-corrected chi connectivity index (χ4v) is 2.19. The van der Waals surface area contributed by atoms with Gasteiger partial charge in [0, 0.05) is 25.3 Å². The minimum absolute atomic E-state index is 0.363. The van der Waals surface area contributed by atoms with Gasteiger partial charge in [-0.05, 0) is 18.6 Å². The Kier molecular flexibility index (Phi) is 4.04. The summed E-state index contributed by atoms with van der Waals surface area (Å²) in [6, 6.07) is 4.37. The summed E-state index contributed by atoms with van der Waals surface area (Å²) in [7, 11) is 0. The first-order valence-electron chi connectivity index (χ1n) is 5.74.